The molecule has 4 atom stereocenters. The number of hydrogen-bond acceptors (Lipinski definition) is 3. The van der Waals surface area contributed by atoms with Crippen LogP contribution in [0.3, 0.4) is 0 Å². The van der Waals surface area contributed by atoms with Crippen molar-refractivity contribution in [3.05, 3.63) is 0 Å². The summed E-state index contributed by atoms with van der Waals surface area (Å²) in [5, 5.41) is 9.25. The molecule has 3 aliphatic heterocycles. The van der Waals surface area contributed by atoms with Gasteiger partial charge in [0.2, 0.25) is 5.91 Å². The minimum absolute atomic E-state index is 0.00194. The van der Waals surface area contributed by atoms with Gasteiger partial charge in [-0.25, -0.2) is 0 Å². The van der Waals surface area contributed by atoms with Crippen molar-refractivity contribution in [2.24, 2.45) is 11.8 Å². The first-order chi connectivity index (χ1) is 8.18. The number of likely N-dealkylation sites (tertiary alicyclic amines) is 1. The molecule has 3 aliphatic rings. The van der Waals surface area contributed by atoms with Crippen LogP contribution in [-0.4, -0.2) is 47.2 Å². The Hall–Kier alpha value is -1.10. The fourth-order valence-electron chi connectivity index (χ4n) is 3.45. The smallest absolute Gasteiger partial charge is 0.310 e. The summed E-state index contributed by atoms with van der Waals surface area (Å²) in [6.07, 6.45) is 3.28. The maximum absolute atomic E-state index is 12.3. The van der Waals surface area contributed by atoms with E-state index < -0.39 is 17.8 Å². The lowest BCUT2D eigenvalue weighted by Gasteiger charge is -2.27. The Morgan fingerprint density at radius 3 is 2.24 bits per heavy atom. The van der Waals surface area contributed by atoms with Gasteiger partial charge in [0.25, 0.3) is 0 Å². The minimum Gasteiger partial charge on any atom is -0.481 e. The zero-order valence-corrected chi connectivity index (χ0v) is 9.67. The van der Waals surface area contributed by atoms with Gasteiger partial charge >= 0.3 is 5.97 Å². The molecule has 3 heterocycles. The van der Waals surface area contributed by atoms with E-state index in [4.69, 9.17) is 4.74 Å². The van der Waals surface area contributed by atoms with E-state index in [-0.39, 0.29) is 18.1 Å². The van der Waals surface area contributed by atoms with E-state index >= 15 is 0 Å². The van der Waals surface area contributed by atoms with E-state index in [1.54, 1.807) is 0 Å². The van der Waals surface area contributed by atoms with Crippen LogP contribution < -0.4 is 0 Å². The molecule has 0 saturated carbocycles. The second-order valence-electron chi connectivity index (χ2n) is 5.21. The molecule has 94 valence electrons. The maximum Gasteiger partial charge on any atom is 0.310 e. The molecule has 3 fully saturated rings. The molecule has 17 heavy (non-hydrogen) atoms. The van der Waals surface area contributed by atoms with Crippen LogP contribution in [0, 0.1) is 11.8 Å². The Morgan fingerprint density at radius 1 is 1.06 bits per heavy atom. The Labute approximate surface area is 99.7 Å². The summed E-state index contributed by atoms with van der Waals surface area (Å²) in [5.41, 5.74) is 0. The summed E-state index contributed by atoms with van der Waals surface area (Å²) in [5.74, 6) is -1.94. The molecule has 0 aromatic carbocycles. The predicted molar refractivity (Wildman–Crippen MR) is 58.3 cm³/mol. The third-order valence-corrected chi connectivity index (χ3v) is 4.26. The normalized spacial score (nSPS) is 39.9. The molecule has 5 heteroatoms. The topological polar surface area (TPSA) is 66.8 Å². The third kappa shape index (κ3) is 1.64. The van der Waals surface area contributed by atoms with Gasteiger partial charge in [0.1, 0.15) is 0 Å². The molecule has 1 amide bonds. The molecular formula is C12H17NO4. The molecule has 3 rings (SSSR count). The molecular weight excluding hydrogens is 222 g/mol. The lowest BCUT2D eigenvalue weighted by Crippen LogP contribution is -2.44. The average Bonchev–Trinajstić information content (AvgIpc) is 3.02. The first-order valence-electron chi connectivity index (χ1n) is 6.35. The van der Waals surface area contributed by atoms with E-state index in [2.05, 4.69) is 0 Å². The number of carboxylic acid groups (broad SMARTS) is 1. The van der Waals surface area contributed by atoms with Crippen LogP contribution in [0.4, 0.5) is 0 Å². The van der Waals surface area contributed by atoms with E-state index in [9.17, 15) is 14.7 Å². The van der Waals surface area contributed by atoms with Gasteiger partial charge in [-0.1, -0.05) is 0 Å². The molecule has 1 N–H and O–H groups in total. The Balaban J connectivity index is 1.80. The van der Waals surface area contributed by atoms with Crippen LogP contribution in [0.15, 0.2) is 0 Å². The van der Waals surface area contributed by atoms with Gasteiger partial charge in [-0.05, 0) is 25.7 Å². The summed E-state index contributed by atoms with van der Waals surface area (Å²) in [6.45, 7) is 1.55. The van der Waals surface area contributed by atoms with Gasteiger partial charge in [0.05, 0.1) is 24.0 Å². The number of amides is 1. The lowest BCUT2D eigenvalue weighted by molar-refractivity contribution is -0.150. The van der Waals surface area contributed by atoms with Crippen LogP contribution in [0.1, 0.15) is 25.7 Å². The third-order valence-electron chi connectivity index (χ3n) is 4.26. The van der Waals surface area contributed by atoms with Gasteiger partial charge in [0, 0.05) is 13.1 Å². The number of hydrogen-bond donors (Lipinski definition) is 1. The summed E-state index contributed by atoms with van der Waals surface area (Å²) >= 11 is 0. The number of carboxylic acids is 1. The second-order valence-corrected chi connectivity index (χ2v) is 5.21. The zero-order chi connectivity index (χ0) is 12.0. The van der Waals surface area contributed by atoms with Crippen molar-refractivity contribution in [2.45, 2.75) is 37.9 Å². The van der Waals surface area contributed by atoms with Crippen LogP contribution in [-0.2, 0) is 14.3 Å². The number of fused-ring (bicyclic) bond motifs is 2. The largest absolute Gasteiger partial charge is 0.481 e. The highest BCUT2D eigenvalue weighted by molar-refractivity contribution is 5.86. The van der Waals surface area contributed by atoms with Gasteiger partial charge in [-0.3, -0.25) is 9.59 Å². The summed E-state index contributed by atoms with van der Waals surface area (Å²) < 4.78 is 5.61. The highest BCUT2D eigenvalue weighted by Crippen LogP contribution is 2.44. The number of ether oxygens (including phenoxy) is 1. The molecule has 5 nitrogen and oxygen atoms in total. The number of aliphatic carboxylic acids is 1. The first-order valence-corrected chi connectivity index (χ1v) is 6.35. The highest BCUT2D eigenvalue weighted by atomic mass is 16.5. The van der Waals surface area contributed by atoms with Crippen molar-refractivity contribution in [1.29, 1.82) is 0 Å². The Morgan fingerprint density at radius 2 is 1.65 bits per heavy atom. The van der Waals surface area contributed by atoms with Crippen molar-refractivity contribution in [2.75, 3.05) is 13.1 Å². The number of nitrogens with zero attached hydrogens (tertiary/aromatic N) is 1. The summed E-state index contributed by atoms with van der Waals surface area (Å²) in [6, 6.07) is 0. The van der Waals surface area contributed by atoms with Crippen molar-refractivity contribution in [3.8, 4) is 0 Å². The van der Waals surface area contributed by atoms with Crippen molar-refractivity contribution in [1.82, 2.24) is 4.90 Å². The SMILES string of the molecule is O=C(O)[C@H]1[C@@H](C(=O)N2CCCC2)[C@H]2CC[C@H]1O2. The molecule has 0 spiro atoms. The summed E-state index contributed by atoms with van der Waals surface area (Å²) in [7, 11) is 0. The van der Waals surface area contributed by atoms with Gasteiger partial charge in [-0.2, -0.15) is 0 Å². The van der Waals surface area contributed by atoms with Crippen LogP contribution in [0.5, 0.6) is 0 Å². The monoisotopic (exact) mass is 239 g/mol. The van der Waals surface area contributed by atoms with Crippen LogP contribution in [0.25, 0.3) is 0 Å². The maximum atomic E-state index is 12.3. The van der Waals surface area contributed by atoms with Gasteiger partial charge in [0.15, 0.2) is 0 Å². The quantitative estimate of drug-likeness (QED) is 0.761. The lowest BCUT2D eigenvalue weighted by atomic mass is 9.78. The van der Waals surface area contributed by atoms with Crippen molar-refractivity contribution >= 4 is 11.9 Å². The molecule has 3 saturated heterocycles. The molecule has 0 radical (unpaired) electrons. The number of carbonyl (C=O) groups excluding carboxylic acids is 1. The molecule has 2 bridgehead atoms. The number of rotatable bonds is 2. The number of carbonyl (C=O) groups is 2. The predicted octanol–water partition coefficient (Wildman–Crippen LogP) is 0.487. The Bertz CT molecular complexity index is 350. The average molecular weight is 239 g/mol. The molecule has 0 aromatic heterocycles. The molecule has 0 aliphatic carbocycles. The Kier molecular flexibility index (Phi) is 2.58. The van der Waals surface area contributed by atoms with Gasteiger partial charge in [-0.15, -0.1) is 0 Å². The minimum atomic E-state index is -0.880. The molecule has 0 unspecified atom stereocenters. The van der Waals surface area contributed by atoms with Crippen LogP contribution in [0.2, 0.25) is 0 Å². The first kappa shape index (κ1) is 11.0. The summed E-state index contributed by atoms with van der Waals surface area (Å²) in [4.78, 5) is 25.4. The molecule has 0 aromatic rings. The van der Waals surface area contributed by atoms with E-state index in [1.165, 1.54) is 0 Å². The van der Waals surface area contributed by atoms with Gasteiger partial charge < -0.3 is 14.7 Å². The fraction of sp³-hybridized carbons (Fsp3) is 0.833. The van der Waals surface area contributed by atoms with Crippen molar-refractivity contribution in [3.63, 3.8) is 0 Å². The fourth-order valence-corrected chi connectivity index (χ4v) is 3.45. The highest BCUT2D eigenvalue weighted by Gasteiger charge is 2.56. The van der Waals surface area contributed by atoms with Crippen molar-refractivity contribution < 1.29 is 19.4 Å². The standard InChI is InChI=1S/C12H17NO4/c14-11(13-5-1-2-6-13)9-7-3-4-8(17-7)10(9)12(15)16/h7-10H,1-6H2,(H,15,16)/t7-,8-,9+,10-/m1/s1. The second kappa shape index (κ2) is 3.98. The van der Waals surface area contributed by atoms with Crippen LogP contribution >= 0.6 is 0 Å². The van der Waals surface area contributed by atoms with E-state index in [0.29, 0.717) is 0 Å². The zero-order valence-electron chi connectivity index (χ0n) is 9.67. The van der Waals surface area contributed by atoms with E-state index in [0.717, 1.165) is 38.8 Å². The van der Waals surface area contributed by atoms with E-state index in [1.807, 2.05) is 4.90 Å².